The number of fused-ring (bicyclic) bond motifs is 1. The summed E-state index contributed by atoms with van der Waals surface area (Å²) in [6.07, 6.45) is 11.8. The molecule has 0 bridgehead atoms. The third kappa shape index (κ3) is 4.66. The number of hydrogen-bond acceptors (Lipinski definition) is 4. The Morgan fingerprint density at radius 2 is 1.88 bits per heavy atom. The molecule has 1 aromatic heterocycles. The van der Waals surface area contributed by atoms with Gasteiger partial charge in [-0.1, -0.05) is 18.1 Å². The van der Waals surface area contributed by atoms with Crippen molar-refractivity contribution in [2.24, 2.45) is 7.05 Å². The van der Waals surface area contributed by atoms with Gasteiger partial charge in [0.15, 0.2) is 0 Å². The van der Waals surface area contributed by atoms with Crippen LogP contribution in [0.5, 0.6) is 0 Å². The number of nitrogens with one attached hydrogen (secondary N) is 1. The zero-order valence-electron chi connectivity index (χ0n) is 18.6. The maximum Gasteiger partial charge on any atom is 0.256 e. The van der Waals surface area contributed by atoms with Crippen LogP contribution >= 0.6 is 0 Å². The largest absolute Gasteiger partial charge is 0.352 e. The van der Waals surface area contributed by atoms with Crippen molar-refractivity contribution in [2.75, 3.05) is 19.6 Å². The van der Waals surface area contributed by atoms with E-state index in [1.807, 2.05) is 0 Å². The Morgan fingerprint density at radius 1 is 1.09 bits per heavy atom. The second-order valence-corrected chi connectivity index (χ2v) is 10.7. The molecule has 7 nitrogen and oxygen atoms in total. The molecule has 0 saturated carbocycles. The highest BCUT2D eigenvalue weighted by Crippen LogP contribution is 2.23. The van der Waals surface area contributed by atoms with Gasteiger partial charge in [-0.25, -0.2) is 8.42 Å². The topological polar surface area (TPSA) is 88.5 Å². The van der Waals surface area contributed by atoms with Gasteiger partial charge in [0.1, 0.15) is 5.56 Å². The van der Waals surface area contributed by atoms with Gasteiger partial charge in [-0.2, -0.15) is 4.31 Å². The molecule has 2 aromatic rings. The SMILES string of the molecule is Cn1cc(C(=O)NCCC2=CCCCC2)c(=O)c2cc(S(=O)(=O)N3CCCCC3)ccc21. The van der Waals surface area contributed by atoms with Crippen molar-refractivity contribution in [3.63, 3.8) is 0 Å². The van der Waals surface area contributed by atoms with Gasteiger partial charge in [0.05, 0.1) is 10.4 Å². The Labute approximate surface area is 189 Å². The molecule has 0 radical (unpaired) electrons. The van der Waals surface area contributed by atoms with Gasteiger partial charge in [-0.05, 0) is 63.1 Å². The van der Waals surface area contributed by atoms with Crippen molar-refractivity contribution < 1.29 is 13.2 Å². The van der Waals surface area contributed by atoms with Gasteiger partial charge >= 0.3 is 0 Å². The number of carbonyl (C=O) groups is 1. The van der Waals surface area contributed by atoms with Crippen molar-refractivity contribution in [3.05, 3.63) is 51.8 Å². The summed E-state index contributed by atoms with van der Waals surface area (Å²) in [5, 5.41) is 3.10. The maximum atomic E-state index is 13.1. The number of allylic oxidation sites excluding steroid dienone is 1. The summed E-state index contributed by atoms with van der Waals surface area (Å²) in [6, 6.07) is 4.61. The summed E-state index contributed by atoms with van der Waals surface area (Å²) in [5.41, 5.74) is 1.54. The highest BCUT2D eigenvalue weighted by atomic mass is 32.2. The van der Waals surface area contributed by atoms with Crippen LogP contribution in [-0.4, -0.2) is 42.8 Å². The number of benzene rings is 1. The lowest BCUT2D eigenvalue weighted by Crippen LogP contribution is -2.35. The molecule has 2 heterocycles. The Kier molecular flexibility index (Phi) is 6.81. The fourth-order valence-electron chi connectivity index (χ4n) is 4.61. The van der Waals surface area contributed by atoms with E-state index in [0.717, 1.165) is 38.5 Å². The summed E-state index contributed by atoms with van der Waals surface area (Å²) in [6.45, 7) is 1.48. The van der Waals surface area contributed by atoms with Gasteiger partial charge in [-0.15, -0.1) is 0 Å². The van der Waals surface area contributed by atoms with E-state index in [1.165, 1.54) is 35.0 Å². The van der Waals surface area contributed by atoms with Crippen molar-refractivity contribution in [1.29, 1.82) is 0 Å². The predicted molar refractivity (Wildman–Crippen MR) is 125 cm³/mol. The number of amides is 1. The number of carbonyl (C=O) groups excluding carboxylic acids is 1. The fraction of sp³-hybridized carbons (Fsp3) is 0.500. The van der Waals surface area contributed by atoms with Crippen LogP contribution < -0.4 is 10.7 Å². The molecular formula is C24H31N3O4S. The molecule has 1 aromatic carbocycles. The molecule has 1 saturated heterocycles. The van der Waals surface area contributed by atoms with Crippen molar-refractivity contribution in [3.8, 4) is 0 Å². The molecule has 0 spiro atoms. The number of aromatic nitrogens is 1. The van der Waals surface area contributed by atoms with Crippen molar-refractivity contribution >= 4 is 26.8 Å². The normalized spacial score (nSPS) is 17.8. The Bertz CT molecular complexity index is 1210. The van der Waals surface area contributed by atoms with Crippen LogP contribution in [0.3, 0.4) is 0 Å². The molecule has 1 fully saturated rings. The highest BCUT2D eigenvalue weighted by Gasteiger charge is 2.27. The molecule has 1 amide bonds. The van der Waals surface area contributed by atoms with Gasteiger partial charge in [-0.3, -0.25) is 9.59 Å². The summed E-state index contributed by atoms with van der Waals surface area (Å²) < 4.78 is 29.3. The van der Waals surface area contributed by atoms with E-state index >= 15 is 0 Å². The zero-order chi connectivity index (χ0) is 22.7. The van der Waals surface area contributed by atoms with E-state index in [-0.39, 0.29) is 15.8 Å². The summed E-state index contributed by atoms with van der Waals surface area (Å²) >= 11 is 0. The standard InChI is InChI=1S/C24H31N3O4S/c1-26-17-21(24(29)25-13-12-18-8-4-2-5-9-18)23(28)20-16-19(10-11-22(20)26)32(30,31)27-14-6-3-7-15-27/h8,10-11,16-17H,2-7,9,12-15H2,1H3,(H,25,29). The van der Waals surface area contributed by atoms with Crippen LogP contribution in [0.1, 0.15) is 61.7 Å². The second-order valence-electron chi connectivity index (χ2n) is 8.74. The second kappa shape index (κ2) is 9.58. The number of aryl methyl sites for hydroxylation is 1. The van der Waals surface area contributed by atoms with E-state index < -0.39 is 21.4 Å². The van der Waals surface area contributed by atoms with Gasteiger partial charge in [0.2, 0.25) is 15.5 Å². The van der Waals surface area contributed by atoms with Gasteiger partial charge < -0.3 is 9.88 Å². The van der Waals surface area contributed by atoms with E-state index in [2.05, 4.69) is 11.4 Å². The number of rotatable bonds is 6. The van der Waals surface area contributed by atoms with Gasteiger partial charge in [0.25, 0.3) is 5.91 Å². The van der Waals surface area contributed by atoms with Crippen LogP contribution in [0.25, 0.3) is 10.9 Å². The molecule has 0 unspecified atom stereocenters. The number of piperidine rings is 1. The Hall–Kier alpha value is -2.45. The minimum atomic E-state index is -3.66. The lowest BCUT2D eigenvalue weighted by atomic mass is 9.97. The zero-order valence-corrected chi connectivity index (χ0v) is 19.4. The fourth-order valence-corrected chi connectivity index (χ4v) is 6.16. The first-order chi connectivity index (χ1) is 15.4. The van der Waals surface area contributed by atoms with Crippen molar-refractivity contribution in [2.45, 2.75) is 56.3 Å². The predicted octanol–water partition coefficient (Wildman–Crippen LogP) is 3.33. The van der Waals surface area contributed by atoms with E-state index in [0.29, 0.717) is 25.2 Å². The summed E-state index contributed by atoms with van der Waals surface area (Å²) in [7, 11) is -1.91. The molecule has 0 atom stereocenters. The van der Waals surface area contributed by atoms with Crippen LogP contribution in [0.15, 0.2) is 45.7 Å². The quantitative estimate of drug-likeness (QED) is 0.674. The maximum absolute atomic E-state index is 13.1. The summed E-state index contributed by atoms with van der Waals surface area (Å²) in [5.74, 6) is -0.423. The molecule has 1 aliphatic carbocycles. The third-order valence-corrected chi connectivity index (χ3v) is 8.37. The van der Waals surface area contributed by atoms with Crippen LogP contribution in [0.4, 0.5) is 0 Å². The minimum Gasteiger partial charge on any atom is -0.352 e. The molecule has 32 heavy (non-hydrogen) atoms. The molecule has 1 aliphatic heterocycles. The van der Waals surface area contributed by atoms with E-state index in [4.69, 9.17) is 0 Å². The monoisotopic (exact) mass is 457 g/mol. The molecule has 172 valence electrons. The number of pyridine rings is 1. The first-order valence-electron chi connectivity index (χ1n) is 11.5. The molecule has 8 heteroatoms. The first kappa shape index (κ1) is 22.7. The molecule has 1 N–H and O–H groups in total. The lowest BCUT2D eigenvalue weighted by Gasteiger charge is -2.26. The molecule has 4 rings (SSSR count). The van der Waals surface area contributed by atoms with E-state index in [9.17, 15) is 18.0 Å². The van der Waals surface area contributed by atoms with Crippen LogP contribution in [0, 0.1) is 0 Å². The highest BCUT2D eigenvalue weighted by molar-refractivity contribution is 7.89. The van der Waals surface area contributed by atoms with Crippen molar-refractivity contribution in [1.82, 2.24) is 14.2 Å². The van der Waals surface area contributed by atoms with Crippen LogP contribution in [0.2, 0.25) is 0 Å². The number of nitrogens with zero attached hydrogens (tertiary/aromatic N) is 2. The molecular weight excluding hydrogens is 426 g/mol. The average Bonchev–Trinajstić information content (AvgIpc) is 2.82. The first-order valence-corrected chi connectivity index (χ1v) is 12.9. The smallest absolute Gasteiger partial charge is 0.256 e. The Morgan fingerprint density at radius 3 is 2.59 bits per heavy atom. The average molecular weight is 458 g/mol. The lowest BCUT2D eigenvalue weighted by molar-refractivity contribution is 0.0952. The van der Waals surface area contributed by atoms with Gasteiger partial charge in [0, 0.05) is 38.3 Å². The third-order valence-electron chi connectivity index (χ3n) is 6.47. The minimum absolute atomic E-state index is 0.0325. The number of hydrogen-bond donors (Lipinski definition) is 1. The Balaban J connectivity index is 1.60. The number of sulfonamides is 1. The van der Waals surface area contributed by atoms with E-state index in [1.54, 1.807) is 23.7 Å². The molecule has 2 aliphatic rings. The van der Waals surface area contributed by atoms with Crippen LogP contribution in [-0.2, 0) is 17.1 Å². The summed E-state index contributed by atoms with van der Waals surface area (Å²) in [4.78, 5) is 26.0.